The maximum absolute atomic E-state index is 12.5. The highest BCUT2D eigenvalue weighted by atomic mass is 19.4. The van der Waals surface area contributed by atoms with Crippen LogP contribution in [-0.4, -0.2) is 10.1 Å². The summed E-state index contributed by atoms with van der Waals surface area (Å²) in [4.78, 5) is 4.17. The highest BCUT2D eigenvalue weighted by Gasteiger charge is 2.30. The van der Waals surface area contributed by atoms with Crippen LogP contribution in [0.5, 0.6) is 0 Å². The van der Waals surface area contributed by atoms with Crippen LogP contribution < -0.4 is 5.73 Å². The summed E-state index contributed by atoms with van der Waals surface area (Å²) in [5.41, 5.74) is 6.59. The van der Waals surface area contributed by atoms with Crippen LogP contribution in [0.4, 0.5) is 18.9 Å². The second kappa shape index (κ2) is 5.18. The maximum atomic E-state index is 12.5. The van der Waals surface area contributed by atoms with E-state index in [0.717, 1.165) is 12.1 Å². The lowest BCUT2D eigenvalue weighted by molar-refractivity contribution is -0.137. The predicted octanol–water partition coefficient (Wildman–Crippen LogP) is 4.00. The van der Waals surface area contributed by atoms with Crippen molar-refractivity contribution in [3.05, 3.63) is 54.1 Å². The first-order valence-electron chi connectivity index (χ1n) is 6.31. The van der Waals surface area contributed by atoms with Crippen LogP contribution in [0, 0.1) is 0 Å². The minimum Gasteiger partial charge on any atom is -0.399 e. The third-order valence-electron chi connectivity index (χ3n) is 3.05. The largest absolute Gasteiger partial charge is 0.416 e. The van der Waals surface area contributed by atoms with Gasteiger partial charge in [-0.25, -0.2) is 0 Å². The number of hydrogen-bond donors (Lipinski definition) is 1. The fraction of sp³-hybridized carbons (Fsp3) is 0.0667. The number of halogens is 3. The van der Waals surface area contributed by atoms with Gasteiger partial charge in [-0.2, -0.15) is 18.2 Å². The monoisotopic (exact) mass is 305 g/mol. The van der Waals surface area contributed by atoms with Gasteiger partial charge >= 0.3 is 6.18 Å². The molecule has 0 unspecified atom stereocenters. The number of nitrogens with two attached hydrogens (primary N) is 1. The Bertz CT molecular complexity index is 777. The quantitative estimate of drug-likeness (QED) is 0.727. The molecule has 0 atom stereocenters. The van der Waals surface area contributed by atoms with E-state index in [1.807, 2.05) is 0 Å². The molecule has 4 nitrogen and oxygen atoms in total. The number of alkyl halides is 3. The van der Waals surface area contributed by atoms with Crippen molar-refractivity contribution in [2.45, 2.75) is 6.18 Å². The Hall–Kier alpha value is -2.83. The van der Waals surface area contributed by atoms with E-state index in [0.29, 0.717) is 16.8 Å². The van der Waals surface area contributed by atoms with E-state index in [4.69, 9.17) is 10.3 Å². The van der Waals surface area contributed by atoms with Gasteiger partial charge in [0.2, 0.25) is 5.82 Å². The average Bonchev–Trinajstić information content (AvgIpc) is 2.97. The molecule has 7 heteroatoms. The number of nitrogens with zero attached hydrogens (tertiary/aromatic N) is 2. The highest BCUT2D eigenvalue weighted by Crippen LogP contribution is 2.30. The Morgan fingerprint density at radius 1 is 0.864 bits per heavy atom. The lowest BCUT2D eigenvalue weighted by atomic mass is 10.1. The molecule has 0 bridgehead atoms. The first-order valence-corrected chi connectivity index (χ1v) is 6.31. The number of rotatable bonds is 2. The standard InChI is InChI=1S/C15H10F3N3O/c16-15(17,18)11-5-1-9(2-6-11)13-20-14(22-21-13)10-3-7-12(19)8-4-10/h1-8H,19H2. The third-order valence-corrected chi connectivity index (χ3v) is 3.05. The van der Waals surface area contributed by atoms with Gasteiger partial charge in [0.25, 0.3) is 5.89 Å². The molecule has 3 rings (SSSR count). The van der Waals surface area contributed by atoms with Crippen LogP contribution in [0.2, 0.25) is 0 Å². The molecule has 1 aromatic heterocycles. The van der Waals surface area contributed by atoms with Crippen LogP contribution >= 0.6 is 0 Å². The zero-order chi connectivity index (χ0) is 15.7. The molecular formula is C15H10F3N3O. The molecule has 0 fully saturated rings. The molecule has 0 radical (unpaired) electrons. The molecule has 112 valence electrons. The van der Waals surface area contributed by atoms with Gasteiger partial charge in [0.15, 0.2) is 0 Å². The maximum Gasteiger partial charge on any atom is 0.416 e. The smallest absolute Gasteiger partial charge is 0.399 e. The number of aromatic nitrogens is 2. The summed E-state index contributed by atoms with van der Waals surface area (Å²) in [6.45, 7) is 0. The summed E-state index contributed by atoms with van der Waals surface area (Å²) in [6.07, 6.45) is -4.37. The molecule has 22 heavy (non-hydrogen) atoms. The summed E-state index contributed by atoms with van der Waals surface area (Å²) in [7, 11) is 0. The minimum atomic E-state index is -4.37. The molecule has 0 aliphatic carbocycles. The predicted molar refractivity (Wildman–Crippen MR) is 74.6 cm³/mol. The van der Waals surface area contributed by atoms with Gasteiger partial charge < -0.3 is 10.3 Å². The molecule has 2 aromatic carbocycles. The number of nitrogen functional groups attached to an aromatic ring is 1. The van der Waals surface area contributed by atoms with E-state index < -0.39 is 11.7 Å². The fourth-order valence-electron chi connectivity index (χ4n) is 1.89. The van der Waals surface area contributed by atoms with Crippen molar-refractivity contribution in [2.24, 2.45) is 0 Å². The topological polar surface area (TPSA) is 64.9 Å². The normalized spacial score (nSPS) is 11.6. The van der Waals surface area contributed by atoms with Crippen molar-refractivity contribution in [1.29, 1.82) is 0 Å². The van der Waals surface area contributed by atoms with Crippen LogP contribution in [0.1, 0.15) is 5.56 Å². The third kappa shape index (κ3) is 2.78. The molecule has 1 heterocycles. The van der Waals surface area contributed by atoms with Crippen molar-refractivity contribution in [2.75, 3.05) is 5.73 Å². The van der Waals surface area contributed by atoms with Crippen molar-refractivity contribution in [1.82, 2.24) is 10.1 Å². The highest BCUT2D eigenvalue weighted by molar-refractivity contribution is 5.61. The first kappa shape index (κ1) is 14.1. The number of benzene rings is 2. The Morgan fingerprint density at radius 2 is 1.45 bits per heavy atom. The van der Waals surface area contributed by atoms with Crippen LogP contribution in [0.15, 0.2) is 53.1 Å². The fourth-order valence-corrected chi connectivity index (χ4v) is 1.89. The van der Waals surface area contributed by atoms with Gasteiger partial charge in [-0.15, -0.1) is 0 Å². The van der Waals surface area contributed by atoms with E-state index in [1.54, 1.807) is 24.3 Å². The second-order valence-electron chi connectivity index (χ2n) is 4.62. The second-order valence-corrected chi connectivity index (χ2v) is 4.62. The average molecular weight is 305 g/mol. The lowest BCUT2D eigenvalue weighted by Gasteiger charge is -2.05. The molecular weight excluding hydrogens is 295 g/mol. The first-order chi connectivity index (χ1) is 10.4. The van der Waals surface area contributed by atoms with Gasteiger partial charge in [-0.05, 0) is 36.4 Å². The number of hydrogen-bond acceptors (Lipinski definition) is 4. The zero-order valence-corrected chi connectivity index (χ0v) is 11.1. The van der Waals surface area contributed by atoms with E-state index in [1.165, 1.54) is 12.1 Å². The minimum absolute atomic E-state index is 0.223. The van der Waals surface area contributed by atoms with Gasteiger partial charge in [-0.1, -0.05) is 17.3 Å². The van der Waals surface area contributed by atoms with E-state index in [2.05, 4.69) is 10.1 Å². The zero-order valence-electron chi connectivity index (χ0n) is 11.1. The van der Waals surface area contributed by atoms with Crippen molar-refractivity contribution < 1.29 is 17.7 Å². The van der Waals surface area contributed by atoms with Gasteiger partial charge in [0.1, 0.15) is 0 Å². The van der Waals surface area contributed by atoms with E-state index >= 15 is 0 Å². The van der Waals surface area contributed by atoms with E-state index in [-0.39, 0.29) is 11.7 Å². The molecule has 2 N–H and O–H groups in total. The van der Waals surface area contributed by atoms with Gasteiger partial charge in [-0.3, -0.25) is 0 Å². The lowest BCUT2D eigenvalue weighted by Crippen LogP contribution is -2.04. The summed E-state index contributed by atoms with van der Waals surface area (Å²) < 4.78 is 42.7. The van der Waals surface area contributed by atoms with Crippen molar-refractivity contribution in [3.63, 3.8) is 0 Å². The Kier molecular flexibility index (Phi) is 3.32. The summed E-state index contributed by atoms with van der Waals surface area (Å²) >= 11 is 0. The molecule has 3 aromatic rings. The Morgan fingerprint density at radius 3 is 2.05 bits per heavy atom. The SMILES string of the molecule is Nc1ccc(-c2nc(-c3ccc(C(F)(F)F)cc3)no2)cc1. The Labute approximate surface area is 123 Å². The van der Waals surface area contributed by atoms with Crippen LogP contribution in [0.3, 0.4) is 0 Å². The number of anilines is 1. The molecule has 0 aliphatic heterocycles. The molecule has 0 saturated heterocycles. The van der Waals surface area contributed by atoms with Crippen LogP contribution in [-0.2, 0) is 6.18 Å². The molecule has 0 spiro atoms. The molecule has 0 saturated carbocycles. The van der Waals surface area contributed by atoms with Crippen LogP contribution in [0.25, 0.3) is 22.8 Å². The summed E-state index contributed by atoms with van der Waals surface area (Å²) in [5.74, 6) is 0.496. The van der Waals surface area contributed by atoms with E-state index in [9.17, 15) is 13.2 Å². The van der Waals surface area contributed by atoms with Gasteiger partial charge in [0, 0.05) is 16.8 Å². The molecule has 0 aliphatic rings. The van der Waals surface area contributed by atoms with Crippen molar-refractivity contribution >= 4 is 5.69 Å². The summed E-state index contributed by atoms with van der Waals surface area (Å²) in [5, 5.41) is 3.78. The Balaban J connectivity index is 1.89. The molecule has 0 amide bonds. The van der Waals surface area contributed by atoms with Gasteiger partial charge in [0.05, 0.1) is 5.56 Å². The summed E-state index contributed by atoms with van der Waals surface area (Å²) in [6, 6.07) is 11.4. The van der Waals surface area contributed by atoms with Crippen molar-refractivity contribution in [3.8, 4) is 22.8 Å².